The van der Waals surface area contributed by atoms with Gasteiger partial charge in [0.05, 0.1) is 12.3 Å². The van der Waals surface area contributed by atoms with Crippen LogP contribution in [0.5, 0.6) is 0 Å². The van der Waals surface area contributed by atoms with Crippen molar-refractivity contribution in [2.24, 2.45) is 5.18 Å². The second-order valence-corrected chi connectivity index (χ2v) is 4.40. The van der Waals surface area contributed by atoms with Crippen LogP contribution in [0.25, 0.3) is 0 Å². The van der Waals surface area contributed by atoms with E-state index in [0.717, 1.165) is 12.1 Å². The minimum absolute atomic E-state index is 0.0860. The van der Waals surface area contributed by atoms with Crippen LogP contribution in [0.2, 0.25) is 0 Å². The van der Waals surface area contributed by atoms with Gasteiger partial charge >= 0.3 is 0 Å². The van der Waals surface area contributed by atoms with E-state index >= 15 is 0 Å². The van der Waals surface area contributed by atoms with Gasteiger partial charge < -0.3 is 10.0 Å². The molecular formula is C12H15F2N3O2. The van der Waals surface area contributed by atoms with E-state index < -0.39 is 17.3 Å². The van der Waals surface area contributed by atoms with E-state index in [1.165, 1.54) is 0 Å². The van der Waals surface area contributed by atoms with Gasteiger partial charge in [0.15, 0.2) is 5.82 Å². The summed E-state index contributed by atoms with van der Waals surface area (Å²) in [6, 6.07) is 1.82. The first-order valence-corrected chi connectivity index (χ1v) is 6.06. The Kier molecular flexibility index (Phi) is 4.39. The number of nitrogens with zero attached hydrogens (tertiary/aromatic N) is 3. The van der Waals surface area contributed by atoms with E-state index in [9.17, 15) is 13.7 Å². The molecule has 0 saturated carbocycles. The molecule has 1 fully saturated rings. The lowest BCUT2D eigenvalue weighted by Gasteiger charge is -2.35. The van der Waals surface area contributed by atoms with E-state index in [4.69, 9.17) is 5.11 Å². The third kappa shape index (κ3) is 3.05. The molecule has 1 N–H and O–H groups in total. The van der Waals surface area contributed by atoms with Crippen molar-refractivity contribution in [2.75, 3.05) is 44.2 Å². The molecule has 1 aliphatic heterocycles. The lowest BCUT2D eigenvalue weighted by Crippen LogP contribution is -2.47. The fraction of sp³-hybridized carbons (Fsp3) is 0.500. The number of β-amino-alcohol motifs (C(OH)–C–C–N with tert-alkyl or cyclic N) is 1. The molecule has 0 atom stereocenters. The number of piperazine rings is 1. The topological polar surface area (TPSA) is 56.1 Å². The molecule has 1 aromatic carbocycles. The number of halogens is 2. The largest absolute Gasteiger partial charge is 0.395 e. The van der Waals surface area contributed by atoms with Crippen molar-refractivity contribution < 1.29 is 13.9 Å². The average molecular weight is 271 g/mol. The third-order valence-corrected chi connectivity index (χ3v) is 3.24. The number of aliphatic hydroxyl groups is 1. The first-order valence-electron chi connectivity index (χ1n) is 6.06. The maximum atomic E-state index is 13.8. The van der Waals surface area contributed by atoms with Gasteiger partial charge in [-0.2, -0.15) is 0 Å². The van der Waals surface area contributed by atoms with Crippen LogP contribution >= 0.6 is 0 Å². The maximum Gasteiger partial charge on any atom is 0.154 e. The van der Waals surface area contributed by atoms with Crippen LogP contribution in [0.3, 0.4) is 0 Å². The molecule has 0 aromatic heterocycles. The van der Waals surface area contributed by atoms with Crippen molar-refractivity contribution in [3.63, 3.8) is 0 Å². The predicted molar refractivity (Wildman–Crippen MR) is 67.6 cm³/mol. The van der Waals surface area contributed by atoms with E-state index in [-0.39, 0.29) is 12.3 Å². The molecule has 0 aliphatic carbocycles. The summed E-state index contributed by atoms with van der Waals surface area (Å²) in [6.45, 7) is 3.11. The SMILES string of the molecule is O=Nc1cc(F)c(N2CCN(CCO)CC2)cc1F. The lowest BCUT2D eigenvalue weighted by molar-refractivity contribution is 0.188. The van der Waals surface area contributed by atoms with Crippen LogP contribution in [0.1, 0.15) is 0 Å². The quantitative estimate of drug-likeness (QED) is 0.843. The average Bonchev–Trinajstić information content (AvgIpc) is 2.42. The summed E-state index contributed by atoms with van der Waals surface area (Å²) in [6.07, 6.45) is 0. The summed E-state index contributed by atoms with van der Waals surface area (Å²) in [5, 5.41) is 11.3. The second kappa shape index (κ2) is 6.03. The zero-order chi connectivity index (χ0) is 13.8. The molecule has 1 saturated heterocycles. The Morgan fingerprint density at radius 2 is 1.84 bits per heavy atom. The third-order valence-electron chi connectivity index (χ3n) is 3.24. The standard InChI is InChI=1S/C12H15F2N3O2/c13-9-8-12(10(14)7-11(9)15-19)17-3-1-16(2-4-17)5-6-18/h7-8,18H,1-6H2. The number of aliphatic hydroxyl groups excluding tert-OH is 1. The summed E-state index contributed by atoms with van der Waals surface area (Å²) >= 11 is 0. The van der Waals surface area contributed by atoms with Crippen molar-refractivity contribution >= 4 is 11.4 Å². The Morgan fingerprint density at radius 1 is 1.16 bits per heavy atom. The monoisotopic (exact) mass is 271 g/mol. The summed E-state index contributed by atoms with van der Waals surface area (Å²) in [4.78, 5) is 14.1. The molecule has 0 unspecified atom stereocenters. The van der Waals surface area contributed by atoms with Crippen LogP contribution in [0.4, 0.5) is 20.2 Å². The zero-order valence-corrected chi connectivity index (χ0v) is 10.4. The predicted octanol–water partition coefficient (Wildman–Crippen LogP) is 1.48. The molecule has 104 valence electrons. The summed E-state index contributed by atoms with van der Waals surface area (Å²) in [7, 11) is 0. The van der Waals surface area contributed by atoms with Crippen molar-refractivity contribution in [3.05, 3.63) is 28.7 Å². The lowest BCUT2D eigenvalue weighted by atomic mass is 10.2. The van der Waals surface area contributed by atoms with Crippen LogP contribution in [0.15, 0.2) is 17.3 Å². The van der Waals surface area contributed by atoms with E-state index in [2.05, 4.69) is 5.18 Å². The Hall–Kier alpha value is -1.60. The van der Waals surface area contributed by atoms with Crippen molar-refractivity contribution in [1.29, 1.82) is 0 Å². The highest BCUT2D eigenvalue weighted by molar-refractivity contribution is 5.55. The zero-order valence-electron chi connectivity index (χ0n) is 10.4. The normalized spacial score (nSPS) is 16.7. The molecule has 1 heterocycles. The summed E-state index contributed by atoms with van der Waals surface area (Å²) < 4.78 is 27.2. The van der Waals surface area contributed by atoms with Gasteiger partial charge in [0.1, 0.15) is 11.5 Å². The van der Waals surface area contributed by atoms with Gasteiger partial charge in [-0.25, -0.2) is 8.78 Å². The van der Waals surface area contributed by atoms with Crippen LogP contribution in [-0.2, 0) is 0 Å². The number of nitroso groups, excluding NO2 is 1. The number of hydrogen-bond acceptors (Lipinski definition) is 5. The second-order valence-electron chi connectivity index (χ2n) is 4.40. The van der Waals surface area contributed by atoms with Crippen LogP contribution in [0, 0.1) is 16.5 Å². The highest BCUT2D eigenvalue weighted by Crippen LogP contribution is 2.28. The minimum atomic E-state index is -0.816. The molecule has 0 amide bonds. The molecule has 5 nitrogen and oxygen atoms in total. The van der Waals surface area contributed by atoms with Gasteiger partial charge in [0.25, 0.3) is 0 Å². The molecule has 7 heteroatoms. The molecular weight excluding hydrogens is 256 g/mol. The molecule has 2 rings (SSSR count). The molecule has 0 spiro atoms. The van der Waals surface area contributed by atoms with Crippen LogP contribution in [-0.4, -0.2) is 49.3 Å². The summed E-state index contributed by atoms with van der Waals surface area (Å²) in [5.41, 5.74) is -0.367. The van der Waals surface area contributed by atoms with Crippen molar-refractivity contribution in [2.45, 2.75) is 0 Å². The first kappa shape index (κ1) is 13.8. The van der Waals surface area contributed by atoms with Gasteiger partial charge in [0, 0.05) is 44.9 Å². The molecule has 0 radical (unpaired) electrons. The van der Waals surface area contributed by atoms with Gasteiger partial charge in [0.2, 0.25) is 0 Å². The highest BCUT2D eigenvalue weighted by atomic mass is 19.1. The van der Waals surface area contributed by atoms with Crippen LogP contribution < -0.4 is 4.90 Å². The van der Waals surface area contributed by atoms with Gasteiger partial charge in [-0.3, -0.25) is 4.90 Å². The number of hydrogen-bond donors (Lipinski definition) is 1. The Balaban J connectivity index is 2.11. The number of rotatable bonds is 4. The summed E-state index contributed by atoms with van der Waals surface area (Å²) in [5.74, 6) is -1.46. The smallest absolute Gasteiger partial charge is 0.154 e. The van der Waals surface area contributed by atoms with E-state index in [0.29, 0.717) is 32.7 Å². The van der Waals surface area contributed by atoms with Gasteiger partial charge in [-0.05, 0) is 5.18 Å². The fourth-order valence-electron chi connectivity index (χ4n) is 2.19. The van der Waals surface area contributed by atoms with Crippen molar-refractivity contribution in [3.8, 4) is 0 Å². The highest BCUT2D eigenvalue weighted by Gasteiger charge is 2.21. The molecule has 19 heavy (non-hydrogen) atoms. The minimum Gasteiger partial charge on any atom is -0.395 e. The Bertz CT molecular complexity index is 463. The van der Waals surface area contributed by atoms with Gasteiger partial charge in [-0.1, -0.05) is 0 Å². The van der Waals surface area contributed by atoms with Crippen molar-refractivity contribution in [1.82, 2.24) is 4.90 Å². The number of anilines is 1. The number of benzene rings is 1. The fourth-order valence-corrected chi connectivity index (χ4v) is 2.19. The Labute approximate surface area is 109 Å². The molecule has 1 aromatic rings. The van der Waals surface area contributed by atoms with Gasteiger partial charge in [-0.15, -0.1) is 4.91 Å². The molecule has 1 aliphatic rings. The maximum absolute atomic E-state index is 13.8. The first-order chi connectivity index (χ1) is 9.15. The van der Waals surface area contributed by atoms with E-state index in [1.54, 1.807) is 4.90 Å². The molecule has 0 bridgehead atoms. The van der Waals surface area contributed by atoms with E-state index in [1.807, 2.05) is 4.90 Å². The Morgan fingerprint density at radius 3 is 2.42 bits per heavy atom.